The van der Waals surface area contributed by atoms with Gasteiger partial charge in [0.15, 0.2) is 0 Å². The van der Waals surface area contributed by atoms with E-state index in [4.69, 9.17) is 9.47 Å². The molecule has 88 valence electrons. The summed E-state index contributed by atoms with van der Waals surface area (Å²) in [6.45, 7) is 3.38. The molecule has 0 aromatic heterocycles. The van der Waals surface area contributed by atoms with Crippen LogP contribution < -0.4 is 5.32 Å². The van der Waals surface area contributed by atoms with E-state index in [2.05, 4.69) is 12.2 Å². The maximum atomic E-state index is 11.4. The first-order valence-electron chi connectivity index (χ1n) is 5.58. The minimum atomic E-state index is -0.00907. The first-order valence-corrected chi connectivity index (χ1v) is 5.58. The molecule has 4 nitrogen and oxygen atoms in total. The Balaban J connectivity index is 2.03. The molecule has 0 bridgehead atoms. The monoisotopic (exact) mass is 215 g/mol. The summed E-state index contributed by atoms with van der Waals surface area (Å²) >= 11 is 0. The fourth-order valence-electron chi connectivity index (χ4n) is 1.91. The predicted molar refractivity (Wildman–Crippen MR) is 57.6 cm³/mol. The quantitative estimate of drug-likeness (QED) is 0.671. The summed E-state index contributed by atoms with van der Waals surface area (Å²) in [6.07, 6.45) is 3.42. The van der Waals surface area contributed by atoms with Gasteiger partial charge in [-0.05, 0) is 25.2 Å². The molecule has 15 heavy (non-hydrogen) atoms. The third kappa shape index (κ3) is 5.14. The van der Waals surface area contributed by atoms with E-state index in [0.29, 0.717) is 19.3 Å². The minimum Gasteiger partial charge on any atom is -0.382 e. The van der Waals surface area contributed by atoms with Crippen molar-refractivity contribution in [3.05, 3.63) is 0 Å². The van der Waals surface area contributed by atoms with Crippen molar-refractivity contribution in [1.29, 1.82) is 0 Å². The van der Waals surface area contributed by atoms with Crippen LogP contribution in [0.1, 0.15) is 26.2 Å². The Morgan fingerprint density at radius 2 is 2.20 bits per heavy atom. The topological polar surface area (TPSA) is 47.6 Å². The van der Waals surface area contributed by atoms with Crippen LogP contribution in [-0.2, 0) is 14.3 Å². The van der Waals surface area contributed by atoms with Gasteiger partial charge in [-0.1, -0.05) is 6.92 Å². The highest BCUT2D eigenvalue weighted by Crippen LogP contribution is 2.24. The van der Waals surface area contributed by atoms with Crippen molar-refractivity contribution in [3.63, 3.8) is 0 Å². The van der Waals surface area contributed by atoms with E-state index in [1.807, 2.05) is 0 Å². The van der Waals surface area contributed by atoms with Crippen LogP contribution in [0.4, 0.5) is 0 Å². The van der Waals surface area contributed by atoms with E-state index in [-0.39, 0.29) is 12.5 Å². The normalized spacial score (nSPS) is 25.5. The van der Waals surface area contributed by atoms with Gasteiger partial charge < -0.3 is 14.8 Å². The van der Waals surface area contributed by atoms with Crippen molar-refractivity contribution >= 4 is 5.91 Å². The number of carbonyl (C=O) groups is 1. The molecule has 1 aliphatic carbocycles. The zero-order chi connectivity index (χ0) is 11.1. The summed E-state index contributed by atoms with van der Waals surface area (Å²) in [6, 6.07) is 0.360. The van der Waals surface area contributed by atoms with Crippen molar-refractivity contribution in [2.45, 2.75) is 32.2 Å². The maximum Gasteiger partial charge on any atom is 0.246 e. The second-order valence-corrected chi connectivity index (χ2v) is 4.23. The van der Waals surface area contributed by atoms with Gasteiger partial charge in [-0.3, -0.25) is 4.79 Å². The highest BCUT2D eigenvalue weighted by molar-refractivity contribution is 5.77. The molecule has 2 unspecified atom stereocenters. The molecule has 0 aliphatic heterocycles. The summed E-state index contributed by atoms with van der Waals surface area (Å²) in [4.78, 5) is 11.4. The highest BCUT2D eigenvalue weighted by atomic mass is 16.5. The number of hydrogen-bond donors (Lipinski definition) is 1. The van der Waals surface area contributed by atoms with E-state index in [1.165, 1.54) is 6.42 Å². The lowest BCUT2D eigenvalue weighted by Gasteiger charge is -2.12. The van der Waals surface area contributed by atoms with Gasteiger partial charge in [-0.25, -0.2) is 0 Å². The molecule has 4 heteroatoms. The van der Waals surface area contributed by atoms with Crippen LogP contribution in [0.15, 0.2) is 0 Å². The molecule has 1 fully saturated rings. The Labute approximate surface area is 91.3 Å². The predicted octanol–water partition coefficient (Wildman–Crippen LogP) is 0.954. The Hall–Kier alpha value is -0.610. The van der Waals surface area contributed by atoms with E-state index in [0.717, 1.165) is 18.8 Å². The van der Waals surface area contributed by atoms with Crippen molar-refractivity contribution in [2.24, 2.45) is 5.92 Å². The zero-order valence-electron chi connectivity index (χ0n) is 9.62. The molecule has 0 saturated heterocycles. The van der Waals surface area contributed by atoms with Crippen LogP contribution >= 0.6 is 0 Å². The third-order valence-corrected chi connectivity index (χ3v) is 2.72. The molecule has 1 rings (SSSR count). The SMILES string of the molecule is COCCOCC(=O)NC1CCC(C)C1. The van der Waals surface area contributed by atoms with Gasteiger partial charge in [-0.2, -0.15) is 0 Å². The number of methoxy groups -OCH3 is 1. The van der Waals surface area contributed by atoms with E-state index in [1.54, 1.807) is 7.11 Å². The van der Waals surface area contributed by atoms with Crippen LogP contribution in [0.3, 0.4) is 0 Å². The number of hydrogen-bond acceptors (Lipinski definition) is 3. The summed E-state index contributed by atoms with van der Waals surface area (Å²) < 4.78 is 9.95. The molecule has 1 aliphatic rings. The lowest BCUT2D eigenvalue weighted by atomic mass is 10.1. The molecule has 1 N–H and O–H groups in total. The fraction of sp³-hybridized carbons (Fsp3) is 0.909. The smallest absolute Gasteiger partial charge is 0.246 e. The molecular weight excluding hydrogens is 194 g/mol. The van der Waals surface area contributed by atoms with Crippen molar-refractivity contribution in [3.8, 4) is 0 Å². The first-order chi connectivity index (χ1) is 7.22. The molecule has 1 saturated carbocycles. The Kier molecular flexibility index (Phi) is 5.65. The molecule has 0 aromatic carbocycles. The second kappa shape index (κ2) is 6.80. The highest BCUT2D eigenvalue weighted by Gasteiger charge is 2.22. The molecule has 2 atom stereocenters. The third-order valence-electron chi connectivity index (χ3n) is 2.72. The maximum absolute atomic E-state index is 11.4. The van der Waals surface area contributed by atoms with Gasteiger partial charge in [0.2, 0.25) is 5.91 Å². The number of ether oxygens (including phenoxy) is 2. The molecule has 0 heterocycles. The van der Waals surface area contributed by atoms with Crippen LogP contribution in [0.2, 0.25) is 0 Å². The minimum absolute atomic E-state index is 0.00907. The first kappa shape index (κ1) is 12.5. The molecule has 0 spiro atoms. The lowest BCUT2D eigenvalue weighted by molar-refractivity contribution is -0.126. The summed E-state index contributed by atoms with van der Waals surface area (Å²) in [7, 11) is 1.61. The largest absolute Gasteiger partial charge is 0.382 e. The van der Waals surface area contributed by atoms with Gasteiger partial charge in [0, 0.05) is 13.2 Å². The second-order valence-electron chi connectivity index (χ2n) is 4.23. The Bertz CT molecular complexity index is 196. The molecular formula is C11H21NO3. The van der Waals surface area contributed by atoms with Crippen LogP contribution in [0.5, 0.6) is 0 Å². The summed E-state index contributed by atoms with van der Waals surface area (Å²) in [5.41, 5.74) is 0. The van der Waals surface area contributed by atoms with Gasteiger partial charge in [0.1, 0.15) is 6.61 Å². The number of carbonyl (C=O) groups excluding carboxylic acids is 1. The average Bonchev–Trinajstić information content (AvgIpc) is 2.59. The number of rotatable bonds is 6. The summed E-state index contributed by atoms with van der Waals surface area (Å²) in [5, 5.41) is 2.98. The average molecular weight is 215 g/mol. The lowest BCUT2D eigenvalue weighted by Crippen LogP contribution is -2.35. The fourth-order valence-corrected chi connectivity index (χ4v) is 1.91. The molecule has 1 amide bonds. The van der Waals surface area contributed by atoms with Gasteiger partial charge in [-0.15, -0.1) is 0 Å². The van der Waals surface area contributed by atoms with Crippen molar-refractivity contribution < 1.29 is 14.3 Å². The van der Waals surface area contributed by atoms with Gasteiger partial charge >= 0.3 is 0 Å². The number of nitrogens with one attached hydrogen (secondary N) is 1. The summed E-state index contributed by atoms with van der Waals surface area (Å²) in [5.74, 6) is 0.731. The van der Waals surface area contributed by atoms with Gasteiger partial charge in [0.25, 0.3) is 0 Å². The Morgan fingerprint density at radius 3 is 2.80 bits per heavy atom. The van der Waals surface area contributed by atoms with Gasteiger partial charge in [0.05, 0.1) is 13.2 Å². The van der Waals surface area contributed by atoms with Crippen LogP contribution in [0, 0.1) is 5.92 Å². The van der Waals surface area contributed by atoms with E-state index >= 15 is 0 Å². The molecule has 0 aromatic rings. The molecule has 0 radical (unpaired) electrons. The van der Waals surface area contributed by atoms with Crippen molar-refractivity contribution in [2.75, 3.05) is 26.9 Å². The van der Waals surface area contributed by atoms with Crippen LogP contribution in [-0.4, -0.2) is 38.9 Å². The van der Waals surface area contributed by atoms with E-state index < -0.39 is 0 Å². The van der Waals surface area contributed by atoms with Crippen molar-refractivity contribution in [1.82, 2.24) is 5.32 Å². The number of amides is 1. The van der Waals surface area contributed by atoms with E-state index in [9.17, 15) is 4.79 Å². The standard InChI is InChI=1S/C11H21NO3/c1-9-3-4-10(7-9)12-11(13)8-15-6-5-14-2/h9-10H,3-8H2,1-2H3,(H,12,13). The van der Waals surface area contributed by atoms with Crippen LogP contribution in [0.25, 0.3) is 0 Å². The Morgan fingerprint density at radius 1 is 1.40 bits per heavy atom. The zero-order valence-corrected chi connectivity index (χ0v) is 9.62.